The summed E-state index contributed by atoms with van der Waals surface area (Å²) in [6.45, 7) is 10.8. The maximum Gasteiger partial charge on any atom is 0.278 e. The number of piperidine rings is 2. The van der Waals surface area contributed by atoms with E-state index in [1.807, 2.05) is 43.6 Å². The van der Waals surface area contributed by atoms with Gasteiger partial charge in [0.1, 0.15) is 23.6 Å². The van der Waals surface area contributed by atoms with Crippen LogP contribution in [0.2, 0.25) is 0 Å². The molecular formula is C45H50N14O4. The van der Waals surface area contributed by atoms with E-state index < -0.39 is 11.9 Å². The molecule has 6 aromatic rings. The van der Waals surface area contributed by atoms with Gasteiger partial charge in [-0.05, 0) is 106 Å². The molecule has 3 amide bonds. The van der Waals surface area contributed by atoms with E-state index in [0.29, 0.717) is 33.8 Å². The highest BCUT2D eigenvalue weighted by Crippen LogP contribution is 2.36. The molecule has 1 saturated carbocycles. The first-order valence-corrected chi connectivity index (χ1v) is 21.9. The maximum absolute atomic E-state index is 13.5. The van der Waals surface area contributed by atoms with Crippen molar-refractivity contribution in [2.75, 3.05) is 60.9 Å². The Morgan fingerprint density at radius 2 is 1.63 bits per heavy atom. The second-order valence-corrected chi connectivity index (χ2v) is 17.4. The third-order valence-electron chi connectivity index (χ3n) is 13.2. The normalized spacial score (nSPS) is 21.1. The van der Waals surface area contributed by atoms with Crippen molar-refractivity contribution in [3.8, 4) is 0 Å². The zero-order chi connectivity index (χ0) is 43.2. The van der Waals surface area contributed by atoms with E-state index in [-0.39, 0.29) is 42.3 Å². The van der Waals surface area contributed by atoms with Gasteiger partial charge >= 0.3 is 0 Å². The molecule has 4 aliphatic rings. The number of benzene rings is 2. The molecule has 4 aromatic heterocycles. The minimum atomic E-state index is -0.845. The van der Waals surface area contributed by atoms with E-state index in [4.69, 9.17) is 4.98 Å². The van der Waals surface area contributed by atoms with Crippen LogP contribution in [0.1, 0.15) is 72.4 Å². The lowest BCUT2D eigenvalue weighted by Gasteiger charge is -2.40. The highest BCUT2D eigenvalue weighted by molar-refractivity contribution is 5.99. The highest BCUT2D eigenvalue weighted by atomic mass is 16.2. The van der Waals surface area contributed by atoms with E-state index in [2.05, 4.69) is 85.6 Å². The second-order valence-electron chi connectivity index (χ2n) is 17.4. The predicted molar refractivity (Wildman–Crippen MR) is 237 cm³/mol. The summed E-state index contributed by atoms with van der Waals surface area (Å²) in [5, 5.41) is 17.6. The quantitative estimate of drug-likeness (QED) is 0.168. The van der Waals surface area contributed by atoms with E-state index in [1.54, 1.807) is 12.4 Å². The summed E-state index contributed by atoms with van der Waals surface area (Å²) in [7, 11) is 0. The number of rotatable bonds is 10. The van der Waals surface area contributed by atoms with Gasteiger partial charge in [-0.1, -0.05) is 11.3 Å². The average molecular weight is 851 g/mol. The van der Waals surface area contributed by atoms with Gasteiger partial charge in [-0.3, -0.25) is 29.4 Å². The average Bonchev–Trinajstić information content (AvgIpc) is 3.71. The van der Waals surface area contributed by atoms with E-state index >= 15 is 0 Å². The number of carbonyl (C=O) groups is 3. The molecule has 63 heavy (non-hydrogen) atoms. The predicted octanol–water partition coefficient (Wildman–Crippen LogP) is 3.84. The number of anilines is 4. The molecule has 2 aromatic carbocycles. The molecule has 324 valence electrons. The summed E-state index contributed by atoms with van der Waals surface area (Å²) in [4.78, 5) is 75.8. The maximum atomic E-state index is 13.5. The van der Waals surface area contributed by atoms with Crippen LogP contribution in [0.5, 0.6) is 0 Å². The fraction of sp³-hybridized carbons (Fsp3) is 0.422. The summed E-state index contributed by atoms with van der Waals surface area (Å²) >= 11 is 0. The Morgan fingerprint density at radius 1 is 0.857 bits per heavy atom. The number of fused-ring (bicyclic) bond motifs is 2. The summed E-state index contributed by atoms with van der Waals surface area (Å²) in [5.41, 5.74) is 7.10. The molecule has 10 rings (SSSR count). The molecule has 0 bridgehead atoms. The number of carbonyl (C=O) groups excluding carboxylic acids is 3. The molecule has 18 nitrogen and oxygen atoms in total. The topological polar surface area (TPSA) is 201 Å². The van der Waals surface area contributed by atoms with Crippen molar-refractivity contribution < 1.29 is 14.4 Å². The van der Waals surface area contributed by atoms with Gasteiger partial charge in [0.05, 0.1) is 11.7 Å². The lowest BCUT2D eigenvalue weighted by molar-refractivity contribution is -0.136. The first-order valence-electron chi connectivity index (χ1n) is 21.9. The molecule has 3 N–H and O–H groups in total. The molecule has 4 fully saturated rings. The standard InChI is InChI=1S/C45H50N14O4/c1-27-20-31(6-8-35(27)51-41-40-42(47-25-46-41)58(26-48-40)33-21-30(22-33)50-43(61)37-5-3-4-28(2)49-37)57-18-16-55(17-19-57)24-29-12-14-56(15-13-29)32-7-9-36-34(23-32)45(63)59(54-53-36)38-10-11-39(60)52-44(38)62/h3-9,20,23,25-26,29-30,33,38H,10-19,21-22,24H2,1-2H3,(H,50,61)(H,46,47,51)(H,52,60,62)/t30?,33?,38-/m0/s1. The van der Waals surface area contributed by atoms with Crippen molar-refractivity contribution in [2.45, 2.75) is 70.5 Å². The zero-order valence-electron chi connectivity index (χ0n) is 35.4. The first kappa shape index (κ1) is 40.3. The second kappa shape index (κ2) is 16.8. The van der Waals surface area contributed by atoms with Crippen molar-refractivity contribution in [1.82, 2.24) is 55.0 Å². The van der Waals surface area contributed by atoms with E-state index in [0.717, 1.165) is 104 Å². The van der Waals surface area contributed by atoms with Crippen LogP contribution in [0.25, 0.3) is 22.1 Å². The monoisotopic (exact) mass is 850 g/mol. The van der Waals surface area contributed by atoms with Crippen LogP contribution in [0, 0.1) is 19.8 Å². The Labute approximate surface area is 363 Å². The highest BCUT2D eigenvalue weighted by Gasteiger charge is 2.34. The molecule has 3 saturated heterocycles. The van der Waals surface area contributed by atoms with Crippen LogP contribution in [0.4, 0.5) is 22.9 Å². The molecule has 0 radical (unpaired) electrons. The van der Waals surface area contributed by atoms with Crippen LogP contribution in [-0.4, -0.2) is 114 Å². The Bertz CT molecular complexity index is 2780. The SMILES string of the molecule is Cc1cccc(C(=O)NC2CC(n3cnc4c(Nc5ccc(N6CCN(CC7CCN(c8ccc9nnn([C@H]%10CCC(=O)NC%10=O)c(=O)c9c8)CC7)CC6)cc5C)ncnc43)C2)n1. The molecule has 1 atom stereocenters. The Morgan fingerprint density at radius 3 is 2.41 bits per heavy atom. The summed E-state index contributed by atoms with van der Waals surface area (Å²) < 4.78 is 3.21. The number of amides is 3. The summed E-state index contributed by atoms with van der Waals surface area (Å²) in [6, 6.07) is 17.1. The number of piperazine rings is 1. The van der Waals surface area contributed by atoms with Gasteiger partial charge in [-0.2, -0.15) is 4.68 Å². The van der Waals surface area contributed by atoms with Gasteiger partial charge in [-0.25, -0.2) is 19.9 Å². The van der Waals surface area contributed by atoms with Crippen molar-refractivity contribution >= 4 is 62.7 Å². The van der Waals surface area contributed by atoms with Crippen LogP contribution in [-0.2, 0) is 9.59 Å². The van der Waals surface area contributed by atoms with Crippen LogP contribution >= 0.6 is 0 Å². The van der Waals surface area contributed by atoms with E-state index in [9.17, 15) is 19.2 Å². The number of hydrogen-bond acceptors (Lipinski definition) is 14. The van der Waals surface area contributed by atoms with Gasteiger partial charge in [0.15, 0.2) is 17.0 Å². The molecule has 0 spiro atoms. The lowest BCUT2D eigenvalue weighted by atomic mass is 9.86. The minimum Gasteiger partial charge on any atom is -0.371 e. The Hall–Kier alpha value is -6.82. The van der Waals surface area contributed by atoms with Crippen molar-refractivity contribution in [3.05, 3.63) is 94.6 Å². The Kier molecular flexibility index (Phi) is 10.7. The fourth-order valence-electron chi connectivity index (χ4n) is 9.47. The largest absolute Gasteiger partial charge is 0.371 e. The third kappa shape index (κ3) is 8.17. The van der Waals surface area contributed by atoms with Gasteiger partial charge < -0.3 is 25.0 Å². The first-order chi connectivity index (χ1) is 30.6. The van der Waals surface area contributed by atoms with Crippen LogP contribution in [0.3, 0.4) is 0 Å². The number of imidazole rings is 1. The minimum absolute atomic E-state index is 0.0679. The van der Waals surface area contributed by atoms with E-state index in [1.165, 1.54) is 5.69 Å². The van der Waals surface area contributed by atoms with Gasteiger partial charge in [-0.15, -0.1) is 5.10 Å². The number of nitrogens with one attached hydrogen (secondary N) is 3. The molecular weight excluding hydrogens is 801 g/mol. The van der Waals surface area contributed by atoms with Gasteiger partial charge in [0.2, 0.25) is 5.91 Å². The molecule has 0 unspecified atom stereocenters. The Balaban J connectivity index is 0.702. The molecule has 3 aliphatic heterocycles. The van der Waals surface area contributed by atoms with Gasteiger partial charge in [0, 0.05) is 87.1 Å². The number of imide groups is 1. The third-order valence-corrected chi connectivity index (χ3v) is 13.2. The smallest absolute Gasteiger partial charge is 0.278 e. The fourth-order valence-corrected chi connectivity index (χ4v) is 9.47. The van der Waals surface area contributed by atoms with Crippen molar-refractivity contribution in [3.63, 3.8) is 0 Å². The van der Waals surface area contributed by atoms with Gasteiger partial charge in [0.25, 0.3) is 17.4 Å². The van der Waals surface area contributed by atoms with Crippen molar-refractivity contribution in [1.29, 1.82) is 0 Å². The molecule has 18 heteroatoms. The number of hydrogen-bond donors (Lipinski definition) is 3. The number of pyridine rings is 1. The van der Waals surface area contributed by atoms with Crippen molar-refractivity contribution in [2.24, 2.45) is 5.92 Å². The molecule has 1 aliphatic carbocycles. The summed E-state index contributed by atoms with van der Waals surface area (Å²) in [6.07, 6.45) is 7.49. The number of aromatic nitrogens is 8. The van der Waals surface area contributed by atoms with Crippen LogP contribution < -0.4 is 31.3 Å². The van der Waals surface area contributed by atoms with Crippen LogP contribution in [0.15, 0.2) is 72.0 Å². The zero-order valence-corrected chi connectivity index (χ0v) is 35.4. The lowest BCUT2D eigenvalue weighted by Crippen LogP contribution is -2.49. The molecule has 7 heterocycles. The number of nitrogens with zero attached hydrogens (tertiary/aromatic N) is 11. The summed E-state index contributed by atoms with van der Waals surface area (Å²) in [5.74, 6) is 0.244. The number of aryl methyl sites for hydroxylation is 2.